The summed E-state index contributed by atoms with van der Waals surface area (Å²) in [6, 6.07) is 5.84. The van der Waals surface area contributed by atoms with Gasteiger partial charge < -0.3 is 0 Å². The van der Waals surface area contributed by atoms with Gasteiger partial charge in [0.15, 0.2) is 0 Å². The molecule has 1 aromatic rings. The first-order valence-corrected chi connectivity index (χ1v) is 5.35. The van der Waals surface area contributed by atoms with E-state index < -0.39 is 0 Å². The summed E-state index contributed by atoms with van der Waals surface area (Å²) in [7, 11) is 0. The topological polar surface area (TPSA) is 23.8 Å². The minimum atomic E-state index is 0.698. The molecule has 0 aliphatic rings. The average Bonchev–Trinajstić information content (AvgIpc) is 2.03. The third kappa shape index (κ3) is 1.88. The van der Waals surface area contributed by atoms with Crippen molar-refractivity contribution >= 4 is 31.9 Å². The molecule has 0 spiro atoms. The molecular weight excluding hydrogens is 282 g/mol. The van der Waals surface area contributed by atoms with Crippen LogP contribution in [0.2, 0.25) is 0 Å². The first kappa shape index (κ1) is 9.76. The number of nitriles is 1. The minimum absolute atomic E-state index is 0.698. The maximum absolute atomic E-state index is 8.67. The first-order valence-electron chi connectivity index (χ1n) is 3.44. The molecule has 0 saturated carbocycles. The smallest absolute Gasteiger partial charge is 0.0992 e. The van der Waals surface area contributed by atoms with Crippen LogP contribution >= 0.6 is 31.9 Å². The van der Waals surface area contributed by atoms with Crippen LogP contribution in [0.3, 0.4) is 0 Å². The van der Waals surface area contributed by atoms with E-state index >= 15 is 0 Å². The zero-order chi connectivity index (χ0) is 9.14. The van der Waals surface area contributed by atoms with Gasteiger partial charge in [0.25, 0.3) is 0 Å². The molecule has 0 fully saturated rings. The highest BCUT2D eigenvalue weighted by atomic mass is 79.9. The zero-order valence-electron chi connectivity index (χ0n) is 6.56. The summed E-state index contributed by atoms with van der Waals surface area (Å²) in [6.45, 7) is 2.00. The molecule has 1 aromatic carbocycles. The lowest BCUT2D eigenvalue weighted by Crippen LogP contribution is -1.88. The Hall–Kier alpha value is -0.330. The van der Waals surface area contributed by atoms with Crippen LogP contribution in [0.15, 0.2) is 16.6 Å². The summed E-state index contributed by atoms with van der Waals surface area (Å²) in [5, 5.41) is 9.48. The number of nitrogens with zero attached hydrogens (tertiary/aromatic N) is 1. The monoisotopic (exact) mass is 287 g/mol. The standard InChI is InChI=1S/C9H7Br2N/c1-6-2-7(5-12)3-9(11)8(6)4-10/h2-3H,4H2,1H3. The number of halogens is 2. The summed E-state index contributed by atoms with van der Waals surface area (Å²) in [5.74, 6) is 0. The van der Waals surface area contributed by atoms with Crippen molar-refractivity contribution < 1.29 is 0 Å². The summed E-state index contributed by atoms with van der Waals surface area (Å²) < 4.78 is 0.996. The van der Waals surface area contributed by atoms with Gasteiger partial charge in [0, 0.05) is 9.80 Å². The molecule has 0 radical (unpaired) electrons. The number of alkyl halides is 1. The highest BCUT2D eigenvalue weighted by Gasteiger charge is 2.03. The predicted molar refractivity (Wildman–Crippen MR) is 56.2 cm³/mol. The highest BCUT2D eigenvalue weighted by Crippen LogP contribution is 2.24. The molecule has 0 aliphatic heterocycles. The molecule has 0 unspecified atom stereocenters. The van der Waals surface area contributed by atoms with Crippen LogP contribution in [0.5, 0.6) is 0 Å². The van der Waals surface area contributed by atoms with E-state index in [1.165, 1.54) is 5.56 Å². The van der Waals surface area contributed by atoms with Gasteiger partial charge in [0.1, 0.15) is 0 Å². The zero-order valence-corrected chi connectivity index (χ0v) is 9.74. The van der Waals surface area contributed by atoms with E-state index in [1.54, 1.807) is 0 Å². The lowest BCUT2D eigenvalue weighted by atomic mass is 10.1. The van der Waals surface area contributed by atoms with E-state index in [0.717, 1.165) is 15.4 Å². The number of hydrogen-bond donors (Lipinski definition) is 0. The average molecular weight is 289 g/mol. The summed E-state index contributed by atoms with van der Waals surface area (Å²) in [4.78, 5) is 0. The van der Waals surface area contributed by atoms with Crippen LogP contribution in [0.1, 0.15) is 16.7 Å². The Balaban J connectivity index is 3.30. The minimum Gasteiger partial charge on any atom is -0.192 e. The molecule has 0 aromatic heterocycles. The Kier molecular flexibility index (Phi) is 3.30. The van der Waals surface area contributed by atoms with Crippen LogP contribution in [0, 0.1) is 18.3 Å². The number of benzene rings is 1. The van der Waals surface area contributed by atoms with E-state index in [2.05, 4.69) is 37.9 Å². The van der Waals surface area contributed by atoms with Crippen molar-refractivity contribution in [3.63, 3.8) is 0 Å². The van der Waals surface area contributed by atoms with E-state index in [4.69, 9.17) is 5.26 Å². The van der Waals surface area contributed by atoms with E-state index in [1.807, 2.05) is 19.1 Å². The third-order valence-electron chi connectivity index (χ3n) is 1.68. The SMILES string of the molecule is Cc1cc(C#N)cc(Br)c1CBr. The Morgan fingerprint density at radius 1 is 1.50 bits per heavy atom. The van der Waals surface area contributed by atoms with Crippen molar-refractivity contribution in [1.82, 2.24) is 0 Å². The molecule has 0 bridgehead atoms. The third-order valence-corrected chi connectivity index (χ3v) is 2.95. The molecule has 3 heteroatoms. The predicted octanol–water partition coefficient (Wildman–Crippen LogP) is 3.52. The molecule has 0 atom stereocenters. The molecular formula is C9H7Br2N. The van der Waals surface area contributed by atoms with Gasteiger partial charge in [0.2, 0.25) is 0 Å². The number of rotatable bonds is 1. The van der Waals surface area contributed by atoms with Crippen molar-refractivity contribution in [3.05, 3.63) is 33.3 Å². The maximum Gasteiger partial charge on any atom is 0.0992 e. The van der Waals surface area contributed by atoms with Crippen LogP contribution in [0.25, 0.3) is 0 Å². The molecule has 0 aliphatic carbocycles. The van der Waals surface area contributed by atoms with Crippen LogP contribution in [0.4, 0.5) is 0 Å². The van der Waals surface area contributed by atoms with Crippen LogP contribution < -0.4 is 0 Å². The molecule has 12 heavy (non-hydrogen) atoms. The molecule has 0 heterocycles. The van der Waals surface area contributed by atoms with Gasteiger partial charge in [-0.05, 0) is 30.2 Å². The molecule has 62 valence electrons. The van der Waals surface area contributed by atoms with Crippen molar-refractivity contribution in [3.8, 4) is 6.07 Å². The van der Waals surface area contributed by atoms with Crippen molar-refractivity contribution in [1.29, 1.82) is 5.26 Å². The Morgan fingerprint density at radius 2 is 2.17 bits per heavy atom. The van der Waals surface area contributed by atoms with Crippen molar-refractivity contribution in [2.45, 2.75) is 12.3 Å². The second-order valence-electron chi connectivity index (χ2n) is 2.50. The molecule has 1 nitrogen and oxygen atoms in total. The summed E-state index contributed by atoms with van der Waals surface area (Å²) in [6.07, 6.45) is 0. The molecule has 0 saturated heterocycles. The van der Waals surface area contributed by atoms with E-state index in [0.29, 0.717) is 5.56 Å². The van der Waals surface area contributed by atoms with Gasteiger partial charge in [0.05, 0.1) is 11.6 Å². The molecule has 1 rings (SSSR count). The van der Waals surface area contributed by atoms with Crippen LogP contribution in [-0.4, -0.2) is 0 Å². The first-order chi connectivity index (χ1) is 5.69. The number of aryl methyl sites for hydroxylation is 1. The summed E-state index contributed by atoms with van der Waals surface area (Å²) in [5.41, 5.74) is 3.04. The fourth-order valence-corrected chi connectivity index (χ4v) is 2.83. The van der Waals surface area contributed by atoms with Crippen molar-refractivity contribution in [2.24, 2.45) is 0 Å². The molecule has 0 N–H and O–H groups in total. The maximum atomic E-state index is 8.67. The normalized spacial score (nSPS) is 9.50. The largest absolute Gasteiger partial charge is 0.192 e. The lowest BCUT2D eigenvalue weighted by Gasteiger charge is -2.04. The second-order valence-corrected chi connectivity index (χ2v) is 3.91. The van der Waals surface area contributed by atoms with E-state index in [-0.39, 0.29) is 0 Å². The van der Waals surface area contributed by atoms with Gasteiger partial charge in [-0.25, -0.2) is 0 Å². The number of hydrogen-bond acceptors (Lipinski definition) is 1. The van der Waals surface area contributed by atoms with Gasteiger partial charge in [-0.3, -0.25) is 0 Å². The van der Waals surface area contributed by atoms with E-state index in [9.17, 15) is 0 Å². The highest BCUT2D eigenvalue weighted by molar-refractivity contribution is 9.10. The van der Waals surface area contributed by atoms with Crippen molar-refractivity contribution in [2.75, 3.05) is 0 Å². The lowest BCUT2D eigenvalue weighted by molar-refractivity contribution is 1.28. The Morgan fingerprint density at radius 3 is 2.58 bits per heavy atom. The quantitative estimate of drug-likeness (QED) is 0.726. The van der Waals surface area contributed by atoms with Gasteiger partial charge in [-0.1, -0.05) is 31.9 Å². The second kappa shape index (κ2) is 4.06. The van der Waals surface area contributed by atoms with Gasteiger partial charge >= 0.3 is 0 Å². The summed E-state index contributed by atoms with van der Waals surface area (Å²) >= 11 is 6.81. The molecule has 0 amide bonds. The van der Waals surface area contributed by atoms with Crippen LogP contribution in [-0.2, 0) is 5.33 Å². The fourth-order valence-electron chi connectivity index (χ4n) is 1.01. The Labute approximate surface area is 88.7 Å². The Bertz CT molecular complexity index is 316. The van der Waals surface area contributed by atoms with Gasteiger partial charge in [-0.2, -0.15) is 5.26 Å². The van der Waals surface area contributed by atoms with Gasteiger partial charge in [-0.15, -0.1) is 0 Å². The fraction of sp³-hybridized carbons (Fsp3) is 0.222.